The van der Waals surface area contributed by atoms with Crippen LogP contribution in [0.25, 0.3) is 0 Å². The maximum atomic E-state index is 12.0. The van der Waals surface area contributed by atoms with Crippen LogP contribution in [-0.2, 0) is 11.3 Å². The van der Waals surface area contributed by atoms with Gasteiger partial charge in [0.15, 0.2) is 5.96 Å². The van der Waals surface area contributed by atoms with Crippen LogP contribution in [0.2, 0.25) is 0 Å². The van der Waals surface area contributed by atoms with Gasteiger partial charge in [-0.05, 0) is 38.2 Å². The molecule has 1 saturated carbocycles. The summed E-state index contributed by atoms with van der Waals surface area (Å²) in [6, 6.07) is 1.93. The second-order valence-corrected chi connectivity index (χ2v) is 6.87. The number of carbonyl (C=O) groups is 1. The van der Waals surface area contributed by atoms with Gasteiger partial charge in [-0.1, -0.05) is 19.3 Å². The lowest BCUT2D eigenvalue weighted by Gasteiger charge is -2.20. The number of hydrogen-bond donors (Lipinski definition) is 3. The highest BCUT2D eigenvalue weighted by molar-refractivity contribution is 14.0. The molecule has 154 valence electrons. The van der Waals surface area contributed by atoms with Crippen LogP contribution in [0.3, 0.4) is 0 Å². The van der Waals surface area contributed by atoms with E-state index in [1.807, 2.05) is 23.9 Å². The Morgan fingerprint density at radius 3 is 2.67 bits per heavy atom. The number of amides is 1. The summed E-state index contributed by atoms with van der Waals surface area (Å²) in [5.74, 6) is 1.57. The van der Waals surface area contributed by atoms with E-state index < -0.39 is 0 Å². The number of guanidine groups is 1. The first-order valence-electron chi connectivity index (χ1n) is 10.0. The lowest BCUT2D eigenvalue weighted by atomic mass is 9.87. The van der Waals surface area contributed by atoms with E-state index in [9.17, 15) is 4.79 Å². The minimum atomic E-state index is 0. The third-order valence-electron chi connectivity index (χ3n) is 4.66. The normalized spacial score (nSPS) is 15.1. The maximum absolute atomic E-state index is 12.0. The van der Waals surface area contributed by atoms with Crippen molar-refractivity contribution in [3.63, 3.8) is 0 Å². The van der Waals surface area contributed by atoms with Crippen molar-refractivity contribution in [3.05, 3.63) is 18.5 Å². The second-order valence-electron chi connectivity index (χ2n) is 6.87. The molecule has 8 heteroatoms. The quantitative estimate of drug-likeness (QED) is 0.204. The van der Waals surface area contributed by atoms with E-state index in [2.05, 4.69) is 26.0 Å². The zero-order valence-electron chi connectivity index (χ0n) is 16.5. The van der Waals surface area contributed by atoms with Crippen LogP contribution >= 0.6 is 24.0 Å². The first-order valence-corrected chi connectivity index (χ1v) is 10.0. The molecule has 7 nitrogen and oxygen atoms in total. The van der Waals surface area contributed by atoms with Crippen LogP contribution in [-0.4, -0.2) is 47.8 Å². The molecule has 2 rings (SSSR count). The molecule has 1 amide bonds. The van der Waals surface area contributed by atoms with Crippen LogP contribution < -0.4 is 16.0 Å². The van der Waals surface area contributed by atoms with E-state index in [1.165, 1.54) is 32.1 Å². The number of aliphatic imine (C=N–C) groups is 1. The predicted octanol–water partition coefficient (Wildman–Crippen LogP) is 2.53. The molecule has 0 atom stereocenters. The molecule has 1 aromatic rings. The van der Waals surface area contributed by atoms with Crippen molar-refractivity contribution < 1.29 is 4.79 Å². The van der Waals surface area contributed by atoms with Gasteiger partial charge in [0, 0.05) is 51.5 Å². The number of hydrogen-bond acceptors (Lipinski definition) is 3. The van der Waals surface area contributed by atoms with Crippen LogP contribution in [0.5, 0.6) is 0 Å². The fourth-order valence-electron chi connectivity index (χ4n) is 3.31. The average molecular weight is 490 g/mol. The van der Waals surface area contributed by atoms with Crippen molar-refractivity contribution in [1.82, 2.24) is 25.7 Å². The molecule has 1 fully saturated rings. The van der Waals surface area contributed by atoms with Crippen molar-refractivity contribution in [2.24, 2.45) is 10.9 Å². The third kappa shape index (κ3) is 10.6. The molecule has 27 heavy (non-hydrogen) atoms. The van der Waals surface area contributed by atoms with Gasteiger partial charge in [0.2, 0.25) is 5.91 Å². The minimum absolute atomic E-state index is 0. The molecule has 1 aromatic heterocycles. The van der Waals surface area contributed by atoms with Crippen molar-refractivity contribution in [3.8, 4) is 0 Å². The molecular weight excluding hydrogens is 455 g/mol. The Kier molecular flexibility index (Phi) is 12.9. The number of nitrogens with zero attached hydrogens (tertiary/aromatic N) is 3. The summed E-state index contributed by atoms with van der Waals surface area (Å²) in [7, 11) is 0. The summed E-state index contributed by atoms with van der Waals surface area (Å²) >= 11 is 0. The number of halogens is 1. The summed E-state index contributed by atoms with van der Waals surface area (Å²) < 4.78 is 1.91. The van der Waals surface area contributed by atoms with Gasteiger partial charge in [-0.2, -0.15) is 5.10 Å². The molecule has 0 spiro atoms. The topological polar surface area (TPSA) is 83.3 Å². The number of carbonyl (C=O) groups excluding carboxylic acids is 1. The minimum Gasteiger partial charge on any atom is -0.357 e. The summed E-state index contributed by atoms with van der Waals surface area (Å²) in [5.41, 5.74) is 0. The van der Waals surface area contributed by atoms with Crippen LogP contribution in [0, 0.1) is 5.92 Å². The van der Waals surface area contributed by atoms with Gasteiger partial charge in [0.1, 0.15) is 0 Å². The first-order chi connectivity index (χ1) is 12.8. The lowest BCUT2D eigenvalue weighted by Crippen LogP contribution is -2.41. The van der Waals surface area contributed by atoms with E-state index in [0.29, 0.717) is 25.4 Å². The Morgan fingerprint density at radius 1 is 1.19 bits per heavy atom. The second kappa shape index (κ2) is 14.7. The maximum Gasteiger partial charge on any atom is 0.220 e. The molecule has 1 heterocycles. The zero-order chi connectivity index (χ0) is 18.5. The molecule has 1 aliphatic carbocycles. The van der Waals surface area contributed by atoms with Gasteiger partial charge < -0.3 is 16.0 Å². The van der Waals surface area contributed by atoms with Gasteiger partial charge in [-0.25, -0.2) is 0 Å². The van der Waals surface area contributed by atoms with Crippen molar-refractivity contribution in [2.45, 2.75) is 58.4 Å². The molecule has 1 aliphatic rings. The number of nitrogens with one attached hydrogen (secondary N) is 3. The Bertz CT molecular complexity index is 528. The number of aromatic nitrogens is 2. The van der Waals surface area contributed by atoms with E-state index >= 15 is 0 Å². The SMILES string of the molecule is CCNC(=NCCCn1cccn1)NCCNC(=O)CC1CCCCC1.I. The van der Waals surface area contributed by atoms with E-state index in [4.69, 9.17) is 0 Å². The van der Waals surface area contributed by atoms with E-state index in [1.54, 1.807) is 6.20 Å². The standard InChI is InChI=1S/C19H34N6O.HI/c1-2-20-19(22-10-6-14-25-15-7-11-24-25)23-13-12-21-18(26)16-17-8-4-3-5-9-17;/h7,11,15,17H,2-6,8-10,12-14,16H2,1H3,(H,21,26)(H2,20,22,23);1H. The van der Waals surface area contributed by atoms with Crippen molar-refractivity contribution in [1.29, 1.82) is 0 Å². The molecule has 0 aromatic carbocycles. The Labute approximate surface area is 180 Å². The third-order valence-corrected chi connectivity index (χ3v) is 4.66. The monoisotopic (exact) mass is 490 g/mol. The first kappa shape index (κ1) is 23.7. The smallest absolute Gasteiger partial charge is 0.220 e. The van der Waals surface area contributed by atoms with E-state index in [0.717, 1.165) is 32.0 Å². The molecule has 0 bridgehead atoms. The van der Waals surface area contributed by atoms with Crippen LogP contribution in [0.15, 0.2) is 23.5 Å². The highest BCUT2D eigenvalue weighted by Crippen LogP contribution is 2.25. The summed E-state index contributed by atoms with van der Waals surface area (Å²) in [4.78, 5) is 16.6. The van der Waals surface area contributed by atoms with E-state index in [-0.39, 0.29) is 29.9 Å². The molecule has 0 unspecified atom stereocenters. The van der Waals surface area contributed by atoms with Crippen LogP contribution in [0.4, 0.5) is 0 Å². The molecule has 3 N–H and O–H groups in total. The zero-order valence-corrected chi connectivity index (χ0v) is 18.8. The van der Waals surface area contributed by atoms with Gasteiger partial charge in [-0.15, -0.1) is 24.0 Å². The molecule has 0 saturated heterocycles. The number of aryl methyl sites for hydroxylation is 1. The summed E-state index contributed by atoms with van der Waals surface area (Å²) in [6.07, 6.45) is 11.7. The molecular formula is C19H35IN6O. The number of rotatable bonds is 10. The highest BCUT2D eigenvalue weighted by atomic mass is 127. The predicted molar refractivity (Wildman–Crippen MR) is 120 cm³/mol. The highest BCUT2D eigenvalue weighted by Gasteiger charge is 2.16. The van der Waals surface area contributed by atoms with Crippen molar-refractivity contribution in [2.75, 3.05) is 26.2 Å². The van der Waals surface area contributed by atoms with Gasteiger partial charge in [0.25, 0.3) is 0 Å². The fraction of sp³-hybridized carbons (Fsp3) is 0.737. The van der Waals surface area contributed by atoms with Gasteiger partial charge in [-0.3, -0.25) is 14.5 Å². The Hall–Kier alpha value is -1.32. The summed E-state index contributed by atoms with van der Waals surface area (Å²) in [6.45, 7) is 5.78. The fourth-order valence-corrected chi connectivity index (χ4v) is 3.31. The lowest BCUT2D eigenvalue weighted by molar-refractivity contribution is -0.122. The van der Waals surface area contributed by atoms with Crippen molar-refractivity contribution >= 4 is 35.8 Å². The Balaban J connectivity index is 0.00000364. The van der Waals surface area contributed by atoms with Gasteiger partial charge in [0.05, 0.1) is 0 Å². The Morgan fingerprint density at radius 2 is 1.96 bits per heavy atom. The van der Waals surface area contributed by atoms with Gasteiger partial charge >= 0.3 is 0 Å². The summed E-state index contributed by atoms with van der Waals surface area (Å²) in [5, 5.41) is 13.7. The molecule has 0 aliphatic heterocycles. The largest absolute Gasteiger partial charge is 0.357 e. The van der Waals surface area contributed by atoms with Crippen LogP contribution in [0.1, 0.15) is 51.9 Å². The average Bonchev–Trinajstić information content (AvgIpc) is 3.16. The molecule has 0 radical (unpaired) electrons.